The average molecular weight is 503 g/mol. The number of phenols is 1. The van der Waals surface area contributed by atoms with Crippen LogP contribution in [0.15, 0.2) is 35.8 Å². The Morgan fingerprint density at radius 2 is 1.46 bits per heavy atom. The second kappa shape index (κ2) is 10.8. The number of rotatable bonds is 7. The van der Waals surface area contributed by atoms with E-state index < -0.39 is 0 Å². The fraction of sp³-hybridized carbons (Fsp3) is 0.515. The van der Waals surface area contributed by atoms with Gasteiger partial charge >= 0.3 is 0 Å². The van der Waals surface area contributed by atoms with E-state index in [0.717, 1.165) is 37.2 Å². The normalized spacial score (nSPS) is 12.6. The number of nitrogens with zero attached hydrogens (tertiary/aromatic N) is 3. The van der Waals surface area contributed by atoms with E-state index in [-0.39, 0.29) is 10.8 Å². The Bertz CT molecular complexity index is 1270. The molecule has 3 aromatic rings. The minimum Gasteiger partial charge on any atom is -0.507 e. The lowest BCUT2D eigenvalue weighted by Crippen LogP contribution is -2.33. The predicted octanol–water partition coefficient (Wildman–Crippen LogP) is 7.18. The molecule has 0 radical (unpaired) electrons. The Morgan fingerprint density at radius 1 is 0.865 bits per heavy atom. The van der Waals surface area contributed by atoms with Crippen molar-refractivity contribution in [3.8, 4) is 5.75 Å². The highest BCUT2D eigenvalue weighted by Crippen LogP contribution is 2.37. The molecule has 0 amide bonds. The van der Waals surface area contributed by atoms with E-state index in [1.807, 2.05) is 6.21 Å². The smallest absolute Gasteiger partial charge is 0.244 e. The maximum absolute atomic E-state index is 11.0. The molecule has 4 nitrogen and oxygen atoms in total. The van der Waals surface area contributed by atoms with Crippen LogP contribution in [0, 0.1) is 34.6 Å². The minimum atomic E-state index is -0.134. The molecule has 37 heavy (non-hydrogen) atoms. The fourth-order valence-corrected chi connectivity index (χ4v) is 4.93. The summed E-state index contributed by atoms with van der Waals surface area (Å²) in [6, 6.07) is 4.23. The van der Waals surface area contributed by atoms with Crippen molar-refractivity contribution in [2.24, 2.45) is 4.99 Å². The molecule has 3 rings (SSSR count). The largest absolute Gasteiger partial charge is 0.507 e. The highest BCUT2D eigenvalue weighted by atomic mass is 16.3. The molecule has 1 N–H and O–H groups in total. The zero-order valence-electron chi connectivity index (χ0n) is 25.1. The van der Waals surface area contributed by atoms with Crippen LogP contribution in [0.25, 0.3) is 0 Å². The summed E-state index contributed by atoms with van der Waals surface area (Å²) in [6.45, 7) is 26.8. The molecule has 0 fully saturated rings. The highest BCUT2D eigenvalue weighted by molar-refractivity contribution is 5.85. The molecular weight excluding hydrogens is 454 g/mol. The van der Waals surface area contributed by atoms with Crippen molar-refractivity contribution in [3.63, 3.8) is 0 Å². The van der Waals surface area contributed by atoms with Gasteiger partial charge in [0.1, 0.15) is 24.7 Å². The molecule has 0 aliphatic carbocycles. The Morgan fingerprint density at radius 3 is 2.03 bits per heavy atom. The molecule has 0 saturated heterocycles. The Labute approximate surface area is 225 Å². The van der Waals surface area contributed by atoms with Gasteiger partial charge in [-0.3, -0.25) is 4.99 Å². The molecular formula is C33H48N3O+. The maximum atomic E-state index is 11.0. The van der Waals surface area contributed by atoms with Crippen LogP contribution in [-0.2, 0) is 23.9 Å². The number of phenolic OH excluding ortho intramolecular Hbond substituents is 1. The second-order valence-electron chi connectivity index (χ2n) is 12.8. The summed E-state index contributed by atoms with van der Waals surface area (Å²) in [4.78, 5) is 4.68. The molecule has 1 aromatic heterocycles. The highest BCUT2D eigenvalue weighted by Gasteiger charge is 2.24. The second-order valence-corrected chi connectivity index (χ2v) is 12.8. The molecule has 200 valence electrons. The SMILES string of the molecule is Cc1c(C)c(C)c(C[n+]2ccn(CCCN=Cc3cc(C(C)(C)C)cc(C(C)(C)C)c3O)c2)c(C)c1C. The van der Waals surface area contributed by atoms with Crippen LogP contribution >= 0.6 is 0 Å². The number of aromatic hydroxyl groups is 1. The van der Waals surface area contributed by atoms with Gasteiger partial charge in [0.05, 0.1) is 6.54 Å². The van der Waals surface area contributed by atoms with Gasteiger partial charge < -0.3 is 5.11 Å². The Balaban J connectivity index is 1.67. The van der Waals surface area contributed by atoms with Crippen molar-refractivity contribution < 1.29 is 9.67 Å². The quantitative estimate of drug-likeness (QED) is 0.208. The number of hydrogen-bond acceptors (Lipinski definition) is 2. The summed E-state index contributed by atoms with van der Waals surface area (Å²) in [6.07, 6.45) is 9.30. The summed E-state index contributed by atoms with van der Waals surface area (Å²) in [5.74, 6) is 0.350. The van der Waals surface area contributed by atoms with E-state index in [0.29, 0.717) is 5.75 Å². The van der Waals surface area contributed by atoms with Gasteiger partial charge in [-0.2, -0.15) is 0 Å². The monoisotopic (exact) mass is 502 g/mol. The molecule has 0 unspecified atom stereocenters. The van der Waals surface area contributed by atoms with Crippen LogP contribution in [0.4, 0.5) is 0 Å². The molecule has 0 spiro atoms. The summed E-state index contributed by atoms with van der Waals surface area (Å²) in [7, 11) is 0. The van der Waals surface area contributed by atoms with Crippen molar-refractivity contribution in [3.05, 3.63) is 80.9 Å². The van der Waals surface area contributed by atoms with Crippen LogP contribution < -0.4 is 4.57 Å². The number of imidazole rings is 1. The van der Waals surface area contributed by atoms with E-state index in [4.69, 9.17) is 0 Å². The molecule has 1 heterocycles. The fourth-order valence-electron chi connectivity index (χ4n) is 4.93. The zero-order valence-corrected chi connectivity index (χ0v) is 25.1. The van der Waals surface area contributed by atoms with Crippen molar-refractivity contribution >= 4 is 6.21 Å². The first-order valence-corrected chi connectivity index (χ1v) is 13.6. The minimum absolute atomic E-state index is 0.00708. The molecule has 2 aromatic carbocycles. The van der Waals surface area contributed by atoms with Crippen molar-refractivity contribution in [2.45, 2.75) is 107 Å². The first-order valence-electron chi connectivity index (χ1n) is 13.6. The lowest BCUT2D eigenvalue weighted by atomic mass is 9.79. The Kier molecular flexibility index (Phi) is 8.41. The van der Waals surface area contributed by atoms with Gasteiger partial charge in [-0.25, -0.2) is 9.13 Å². The number of aliphatic imine (C=N–C) groups is 1. The summed E-state index contributed by atoms with van der Waals surface area (Å²) < 4.78 is 4.51. The predicted molar refractivity (Wildman–Crippen MR) is 156 cm³/mol. The third-order valence-corrected chi connectivity index (χ3v) is 7.99. The van der Waals surface area contributed by atoms with Gasteiger partial charge in [-0.05, 0) is 90.5 Å². The van der Waals surface area contributed by atoms with Crippen LogP contribution in [0.5, 0.6) is 5.75 Å². The molecule has 0 aliphatic rings. The lowest BCUT2D eigenvalue weighted by molar-refractivity contribution is -0.688. The summed E-state index contributed by atoms with van der Waals surface area (Å²) >= 11 is 0. The van der Waals surface area contributed by atoms with Crippen molar-refractivity contribution in [2.75, 3.05) is 6.54 Å². The van der Waals surface area contributed by atoms with Gasteiger partial charge in [0, 0.05) is 30.3 Å². The molecule has 0 saturated carbocycles. The third-order valence-electron chi connectivity index (χ3n) is 7.99. The lowest BCUT2D eigenvalue weighted by Gasteiger charge is -2.27. The first kappa shape index (κ1) is 28.7. The van der Waals surface area contributed by atoms with E-state index >= 15 is 0 Å². The zero-order chi connectivity index (χ0) is 27.7. The molecule has 4 heteroatoms. The topological polar surface area (TPSA) is 41.4 Å². The van der Waals surface area contributed by atoms with Crippen LogP contribution in [-0.4, -0.2) is 22.4 Å². The van der Waals surface area contributed by atoms with E-state index in [1.165, 1.54) is 38.9 Å². The number of hydrogen-bond donors (Lipinski definition) is 1. The van der Waals surface area contributed by atoms with Crippen LogP contribution in [0.2, 0.25) is 0 Å². The first-order chi connectivity index (χ1) is 17.1. The van der Waals surface area contributed by atoms with E-state index in [9.17, 15) is 5.11 Å². The van der Waals surface area contributed by atoms with Gasteiger partial charge in [-0.1, -0.05) is 47.6 Å². The molecule has 0 bridgehead atoms. The third kappa shape index (κ3) is 6.52. The van der Waals surface area contributed by atoms with Gasteiger partial charge in [0.25, 0.3) is 0 Å². The number of benzene rings is 2. The van der Waals surface area contributed by atoms with E-state index in [2.05, 4.69) is 121 Å². The standard InChI is InChI=1S/C33H47N3O/c1-22-23(2)25(4)29(26(5)24(22)3)20-36-16-15-35(21-36)14-12-13-34-19-27-17-28(32(6,7)8)18-30(31(27)37)33(9,10)11/h15-19,21H,12-14,20H2,1-11H3/p+1. The van der Waals surface area contributed by atoms with Crippen LogP contribution in [0.3, 0.4) is 0 Å². The van der Waals surface area contributed by atoms with Gasteiger partial charge in [-0.15, -0.1) is 0 Å². The molecule has 0 aliphatic heterocycles. The van der Waals surface area contributed by atoms with E-state index in [1.54, 1.807) is 0 Å². The number of aryl methyl sites for hydroxylation is 1. The Hall–Kier alpha value is -2.88. The summed E-state index contributed by atoms with van der Waals surface area (Å²) in [5.41, 5.74) is 11.3. The molecule has 0 atom stereocenters. The number of aromatic nitrogens is 2. The van der Waals surface area contributed by atoms with Crippen molar-refractivity contribution in [1.29, 1.82) is 0 Å². The van der Waals surface area contributed by atoms with Crippen molar-refractivity contribution in [1.82, 2.24) is 4.57 Å². The van der Waals surface area contributed by atoms with Gasteiger partial charge in [0.2, 0.25) is 6.33 Å². The average Bonchev–Trinajstić information content (AvgIpc) is 3.25. The van der Waals surface area contributed by atoms with Gasteiger partial charge in [0.15, 0.2) is 0 Å². The summed E-state index contributed by atoms with van der Waals surface area (Å²) in [5, 5.41) is 11.0. The van der Waals surface area contributed by atoms with Crippen LogP contribution in [0.1, 0.15) is 98.0 Å². The maximum Gasteiger partial charge on any atom is 0.244 e.